The lowest BCUT2D eigenvalue weighted by molar-refractivity contribution is -0.117. The summed E-state index contributed by atoms with van der Waals surface area (Å²) in [6, 6.07) is 9.81. The van der Waals surface area contributed by atoms with Gasteiger partial charge in [0, 0.05) is 23.6 Å². The number of nitrogens with zero attached hydrogens (tertiary/aromatic N) is 2. The molecule has 2 heterocycles. The maximum Gasteiger partial charge on any atom is 0.234 e. The first-order chi connectivity index (χ1) is 10.1. The zero-order chi connectivity index (χ0) is 14.8. The zero-order valence-corrected chi connectivity index (χ0v) is 12.2. The minimum atomic E-state index is -0.160. The highest BCUT2D eigenvalue weighted by atomic mass is 16.2. The van der Waals surface area contributed by atoms with Gasteiger partial charge in [-0.15, -0.1) is 0 Å². The van der Waals surface area contributed by atoms with Crippen LogP contribution in [-0.2, 0) is 4.79 Å². The highest BCUT2D eigenvalue weighted by molar-refractivity contribution is 5.96. The summed E-state index contributed by atoms with van der Waals surface area (Å²) in [6.45, 7) is 4.58. The minimum absolute atomic E-state index is 0.0473. The molecule has 108 valence electrons. The lowest BCUT2D eigenvalue weighted by Gasteiger charge is -2.25. The molecule has 0 saturated heterocycles. The average Bonchev–Trinajstić information content (AvgIpc) is 2.45. The van der Waals surface area contributed by atoms with Crippen molar-refractivity contribution in [3.63, 3.8) is 0 Å². The SMILES string of the molecule is Cc1cc(C)nc(NC(=O)C2CCNc3ccccc32)n1. The van der Waals surface area contributed by atoms with E-state index in [1.165, 1.54) is 0 Å². The van der Waals surface area contributed by atoms with Crippen molar-refractivity contribution in [2.75, 3.05) is 17.2 Å². The lowest BCUT2D eigenvalue weighted by atomic mass is 9.90. The Morgan fingerprint density at radius 3 is 2.71 bits per heavy atom. The molecule has 2 aromatic rings. The number of fused-ring (bicyclic) bond motifs is 1. The van der Waals surface area contributed by atoms with Crippen LogP contribution in [0.5, 0.6) is 0 Å². The quantitative estimate of drug-likeness (QED) is 0.888. The third-order valence-corrected chi connectivity index (χ3v) is 3.62. The molecule has 0 saturated carbocycles. The number of aryl methyl sites for hydroxylation is 2. The van der Waals surface area contributed by atoms with E-state index in [1.807, 2.05) is 44.2 Å². The summed E-state index contributed by atoms with van der Waals surface area (Å²) in [4.78, 5) is 21.1. The van der Waals surface area contributed by atoms with E-state index in [-0.39, 0.29) is 11.8 Å². The van der Waals surface area contributed by atoms with Crippen molar-refractivity contribution < 1.29 is 4.79 Å². The average molecular weight is 282 g/mol. The van der Waals surface area contributed by atoms with Crippen molar-refractivity contribution in [2.45, 2.75) is 26.2 Å². The first kappa shape index (κ1) is 13.5. The van der Waals surface area contributed by atoms with Gasteiger partial charge in [0.25, 0.3) is 0 Å². The second-order valence-corrected chi connectivity index (χ2v) is 5.32. The Bertz CT molecular complexity index is 663. The number of rotatable bonds is 2. The fraction of sp³-hybridized carbons (Fsp3) is 0.312. The molecule has 5 nitrogen and oxygen atoms in total. The summed E-state index contributed by atoms with van der Waals surface area (Å²) in [6.07, 6.45) is 0.771. The molecule has 5 heteroatoms. The molecule has 1 amide bonds. The van der Waals surface area contributed by atoms with Gasteiger partial charge in [-0.1, -0.05) is 18.2 Å². The van der Waals surface area contributed by atoms with Crippen LogP contribution in [0.2, 0.25) is 0 Å². The normalized spacial score (nSPS) is 16.8. The van der Waals surface area contributed by atoms with Gasteiger partial charge in [0.15, 0.2) is 0 Å². The van der Waals surface area contributed by atoms with Gasteiger partial charge in [-0.3, -0.25) is 10.1 Å². The maximum absolute atomic E-state index is 12.5. The molecule has 1 aromatic heterocycles. The van der Waals surface area contributed by atoms with Crippen LogP contribution in [0.25, 0.3) is 0 Å². The second kappa shape index (κ2) is 5.52. The number of amides is 1. The van der Waals surface area contributed by atoms with Gasteiger partial charge in [-0.25, -0.2) is 9.97 Å². The molecule has 2 N–H and O–H groups in total. The summed E-state index contributed by atoms with van der Waals surface area (Å²) in [5.74, 6) is 0.175. The number of carbonyl (C=O) groups excluding carboxylic acids is 1. The van der Waals surface area contributed by atoms with Gasteiger partial charge >= 0.3 is 0 Å². The van der Waals surface area contributed by atoms with Crippen LogP contribution < -0.4 is 10.6 Å². The Morgan fingerprint density at radius 2 is 1.95 bits per heavy atom. The van der Waals surface area contributed by atoms with E-state index in [0.29, 0.717) is 5.95 Å². The number of para-hydroxylation sites is 1. The Morgan fingerprint density at radius 1 is 1.24 bits per heavy atom. The van der Waals surface area contributed by atoms with E-state index in [1.54, 1.807) is 0 Å². The molecule has 3 rings (SSSR count). The van der Waals surface area contributed by atoms with Gasteiger partial charge < -0.3 is 5.32 Å². The van der Waals surface area contributed by atoms with Crippen LogP contribution >= 0.6 is 0 Å². The molecule has 0 fully saturated rings. The number of anilines is 2. The van der Waals surface area contributed by atoms with Crippen LogP contribution in [0.3, 0.4) is 0 Å². The highest BCUT2D eigenvalue weighted by Crippen LogP contribution is 2.31. The van der Waals surface area contributed by atoms with E-state index in [2.05, 4.69) is 20.6 Å². The summed E-state index contributed by atoms with van der Waals surface area (Å²) in [7, 11) is 0. The Hall–Kier alpha value is -2.43. The standard InChI is InChI=1S/C16H18N4O/c1-10-9-11(2)19-16(18-10)20-15(21)13-7-8-17-14-6-4-3-5-12(13)14/h3-6,9,13,17H,7-8H2,1-2H3,(H,18,19,20,21). The molecule has 21 heavy (non-hydrogen) atoms. The molecular weight excluding hydrogens is 264 g/mol. The molecule has 0 bridgehead atoms. The summed E-state index contributed by atoms with van der Waals surface area (Å²) in [5, 5.41) is 6.16. The topological polar surface area (TPSA) is 66.9 Å². The molecule has 1 unspecified atom stereocenters. The smallest absolute Gasteiger partial charge is 0.234 e. The van der Waals surface area contributed by atoms with Crippen LogP contribution in [0, 0.1) is 13.8 Å². The fourth-order valence-electron chi connectivity index (χ4n) is 2.72. The molecule has 1 aromatic carbocycles. The summed E-state index contributed by atoms with van der Waals surface area (Å²) in [5.41, 5.74) is 3.77. The Balaban J connectivity index is 1.83. The van der Waals surface area contributed by atoms with Gasteiger partial charge in [-0.2, -0.15) is 0 Å². The Labute approximate surface area is 123 Å². The second-order valence-electron chi connectivity index (χ2n) is 5.32. The molecule has 1 atom stereocenters. The number of nitrogens with one attached hydrogen (secondary N) is 2. The van der Waals surface area contributed by atoms with Crippen LogP contribution in [0.1, 0.15) is 29.3 Å². The first-order valence-corrected chi connectivity index (χ1v) is 7.09. The molecular formula is C16H18N4O. The van der Waals surface area contributed by atoms with E-state index in [4.69, 9.17) is 0 Å². The number of hydrogen-bond donors (Lipinski definition) is 2. The third-order valence-electron chi connectivity index (χ3n) is 3.62. The number of carbonyl (C=O) groups is 1. The third kappa shape index (κ3) is 2.86. The Kier molecular flexibility index (Phi) is 3.56. The van der Waals surface area contributed by atoms with Gasteiger partial charge in [0.05, 0.1) is 5.92 Å². The van der Waals surface area contributed by atoms with E-state index < -0.39 is 0 Å². The monoisotopic (exact) mass is 282 g/mol. The molecule has 0 radical (unpaired) electrons. The maximum atomic E-state index is 12.5. The summed E-state index contributed by atoms with van der Waals surface area (Å²) < 4.78 is 0. The zero-order valence-electron chi connectivity index (χ0n) is 12.2. The summed E-state index contributed by atoms with van der Waals surface area (Å²) >= 11 is 0. The predicted octanol–water partition coefficient (Wildman–Crippen LogP) is 2.63. The number of hydrogen-bond acceptors (Lipinski definition) is 4. The molecule has 0 aliphatic carbocycles. The number of benzene rings is 1. The van der Waals surface area contributed by atoms with Crippen molar-refractivity contribution >= 4 is 17.5 Å². The van der Waals surface area contributed by atoms with Crippen molar-refractivity contribution in [3.8, 4) is 0 Å². The highest BCUT2D eigenvalue weighted by Gasteiger charge is 2.26. The number of aromatic nitrogens is 2. The van der Waals surface area contributed by atoms with Gasteiger partial charge in [-0.05, 0) is 38.0 Å². The van der Waals surface area contributed by atoms with Crippen molar-refractivity contribution in [2.24, 2.45) is 0 Å². The van der Waals surface area contributed by atoms with Crippen molar-refractivity contribution in [1.82, 2.24) is 9.97 Å². The van der Waals surface area contributed by atoms with Gasteiger partial charge in [0.2, 0.25) is 11.9 Å². The van der Waals surface area contributed by atoms with E-state index >= 15 is 0 Å². The molecule has 1 aliphatic heterocycles. The van der Waals surface area contributed by atoms with Crippen molar-refractivity contribution in [1.29, 1.82) is 0 Å². The molecule has 1 aliphatic rings. The lowest BCUT2D eigenvalue weighted by Crippen LogP contribution is -2.28. The minimum Gasteiger partial charge on any atom is -0.385 e. The van der Waals surface area contributed by atoms with Crippen LogP contribution in [0.4, 0.5) is 11.6 Å². The first-order valence-electron chi connectivity index (χ1n) is 7.09. The van der Waals surface area contributed by atoms with E-state index in [0.717, 1.165) is 35.6 Å². The molecule has 0 spiro atoms. The fourth-order valence-corrected chi connectivity index (χ4v) is 2.72. The largest absolute Gasteiger partial charge is 0.385 e. The van der Waals surface area contributed by atoms with E-state index in [9.17, 15) is 4.79 Å². The van der Waals surface area contributed by atoms with Crippen LogP contribution in [-0.4, -0.2) is 22.4 Å². The van der Waals surface area contributed by atoms with Crippen molar-refractivity contribution in [3.05, 3.63) is 47.3 Å². The van der Waals surface area contributed by atoms with Crippen LogP contribution in [0.15, 0.2) is 30.3 Å². The van der Waals surface area contributed by atoms with Gasteiger partial charge in [0.1, 0.15) is 0 Å². The predicted molar refractivity (Wildman–Crippen MR) is 82.4 cm³/mol.